The van der Waals surface area contributed by atoms with Gasteiger partial charge >= 0.3 is 0 Å². The third-order valence-corrected chi connectivity index (χ3v) is 5.18. The van der Waals surface area contributed by atoms with Crippen LogP contribution in [0.1, 0.15) is 42.5 Å². The molecule has 1 amide bonds. The number of likely N-dealkylation sites (tertiary alicyclic amines) is 1. The Bertz CT molecular complexity index is 577. The van der Waals surface area contributed by atoms with E-state index in [9.17, 15) is 14.3 Å². The second kappa shape index (κ2) is 5.88. The van der Waals surface area contributed by atoms with E-state index in [2.05, 4.69) is 0 Å². The molecule has 1 saturated heterocycles. The number of ether oxygens (including phenoxy) is 1. The second-order valence-corrected chi connectivity index (χ2v) is 6.47. The monoisotopic (exact) mass is 307 g/mol. The smallest absolute Gasteiger partial charge is 0.256 e. The quantitative estimate of drug-likeness (QED) is 0.914. The predicted octanol–water partition coefficient (Wildman–Crippen LogP) is 2.95. The lowest BCUT2D eigenvalue weighted by molar-refractivity contribution is -0.0296. The van der Waals surface area contributed by atoms with Crippen molar-refractivity contribution in [2.75, 3.05) is 20.2 Å². The maximum atomic E-state index is 13.9. The van der Waals surface area contributed by atoms with Crippen LogP contribution in [0.25, 0.3) is 0 Å². The van der Waals surface area contributed by atoms with Crippen molar-refractivity contribution in [1.29, 1.82) is 0 Å². The number of halogens is 1. The van der Waals surface area contributed by atoms with E-state index in [4.69, 9.17) is 4.74 Å². The van der Waals surface area contributed by atoms with Gasteiger partial charge in [0.25, 0.3) is 5.91 Å². The highest BCUT2D eigenvalue weighted by Gasteiger charge is 2.46. The maximum Gasteiger partial charge on any atom is 0.256 e. The van der Waals surface area contributed by atoms with E-state index < -0.39 is 5.82 Å². The molecule has 0 bridgehead atoms. The van der Waals surface area contributed by atoms with Crippen LogP contribution < -0.4 is 0 Å². The number of phenols is 1. The summed E-state index contributed by atoms with van der Waals surface area (Å²) in [5, 5.41) is 9.51. The molecule has 1 aromatic rings. The molecule has 2 atom stereocenters. The molecule has 3 rings (SSSR count). The van der Waals surface area contributed by atoms with Crippen LogP contribution in [0.4, 0.5) is 4.39 Å². The van der Waals surface area contributed by atoms with Gasteiger partial charge in [-0.25, -0.2) is 4.39 Å². The van der Waals surface area contributed by atoms with Crippen LogP contribution in [0.3, 0.4) is 0 Å². The third-order valence-electron chi connectivity index (χ3n) is 5.18. The summed E-state index contributed by atoms with van der Waals surface area (Å²) < 4.78 is 19.5. The Balaban J connectivity index is 1.83. The van der Waals surface area contributed by atoms with Crippen LogP contribution >= 0.6 is 0 Å². The Morgan fingerprint density at radius 1 is 1.41 bits per heavy atom. The molecule has 1 heterocycles. The first-order valence-corrected chi connectivity index (χ1v) is 7.86. The standard InChI is InChI=1S/C17H22FNO3/c1-22-15-4-2-7-17(15)8-3-9-19(11-17)16(21)13-10-12(20)5-6-14(13)18/h5-6,10,15,20H,2-4,7-9,11H2,1H3/t15-,17+/m1/s1. The second-order valence-electron chi connectivity index (χ2n) is 6.47. The number of methoxy groups -OCH3 is 1. The van der Waals surface area contributed by atoms with Gasteiger partial charge < -0.3 is 14.7 Å². The number of amides is 1. The van der Waals surface area contributed by atoms with Crippen molar-refractivity contribution in [3.63, 3.8) is 0 Å². The summed E-state index contributed by atoms with van der Waals surface area (Å²) in [5.74, 6) is -1.02. The fourth-order valence-corrected chi connectivity index (χ4v) is 4.12. The molecule has 1 aliphatic carbocycles. The molecule has 1 aromatic carbocycles. The zero-order chi connectivity index (χ0) is 15.7. The Labute approximate surface area is 129 Å². The minimum absolute atomic E-state index is 0.00988. The van der Waals surface area contributed by atoms with Crippen LogP contribution in [0.2, 0.25) is 0 Å². The number of nitrogens with zero attached hydrogens (tertiary/aromatic N) is 1. The Hall–Kier alpha value is -1.62. The lowest BCUT2D eigenvalue weighted by Crippen LogP contribution is -2.50. The third kappa shape index (κ3) is 2.58. The van der Waals surface area contributed by atoms with E-state index in [1.54, 1.807) is 12.0 Å². The Morgan fingerprint density at radius 3 is 2.95 bits per heavy atom. The summed E-state index contributed by atoms with van der Waals surface area (Å²) in [6.07, 6.45) is 5.33. The summed E-state index contributed by atoms with van der Waals surface area (Å²) in [6.45, 7) is 1.24. The topological polar surface area (TPSA) is 49.8 Å². The van der Waals surface area contributed by atoms with Crippen LogP contribution in [-0.2, 0) is 4.74 Å². The molecule has 5 heteroatoms. The fraction of sp³-hybridized carbons (Fsp3) is 0.588. The van der Waals surface area contributed by atoms with Gasteiger partial charge in [-0.3, -0.25) is 4.79 Å². The van der Waals surface area contributed by atoms with E-state index in [0.717, 1.165) is 38.2 Å². The first-order chi connectivity index (χ1) is 10.6. The highest BCUT2D eigenvalue weighted by atomic mass is 19.1. The molecule has 0 aromatic heterocycles. The number of piperidine rings is 1. The molecule has 0 unspecified atom stereocenters. The number of carbonyl (C=O) groups is 1. The number of hydrogen-bond acceptors (Lipinski definition) is 3. The lowest BCUT2D eigenvalue weighted by Gasteiger charge is -2.43. The summed E-state index contributed by atoms with van der Waals surface area (Å²) in [5.41, 5.74) is -0.0420. The first kappa shape index (κ1) is 15.3. The van der Waals surface area contributed by atoms with Gasteiger partial charge in [0, 0.05) is 25.6 Å². The molecular formula is C17H22FNO3. The van der Waals surface area contributed by atoms with Gasteiger partial charge in [-0.1, -0.05) is 6.42 Å². The predicted molar refractivity (Wildman–Crippen MR) is 80.3 cm³/mol. The zero-order valence-electron chi connectivity index (χ0n) is 12.8. The normalized spacial score (nSPS) is 28.3. The fourth-order valence-electron chi connectivity index (χ4n) is 4.12. The number of rotatable bonds is 2. The van der Waals surface area contributed by atoms with Gasteiger partial charge in [0.15, 0.2) is 0 Å². The number of phenolic OH excluding ortho intramolecular Hbond substituents is 1. The van der Waals surface area contributed by atoms with E-state index in [1.807, 2.05) is 0 Å². The first-order valence-electron chi connectivity index (χ1n) is 7.86. The van der Waals surface area contributed by atoms with Crippen molar-refractivity contribution in [2.24, 2.45) is 5.41 Å². The van der Waals surface area contributed by atoms with Crippen molar-refractivity contribution in [3.8, 4) is 5.75 Å². The molecule has 2 fully saturated rings. The van der Waals surface area contributed by atoms with Crippen LogP contribution in [-0.4, -0.2) is 42.2 Å². The molecule has 1 spiro atoms. The summed E-state index contributed by atoms with van der Waals surface area (Å²) in [7, 11) is 1.73. The number of hydrogen-bond donors (Lipinski definition) is 1. The summed E-state index contributed by atoms with van der Waals surface area (Å²) in [6, 6.07) is 3.60. The molecule has 22 heavy (non-hydrogen) atoms. The van der Waals surface area contributed by atoms with E-state index in [1.165, 1.54) is 12.1 Å². The maximum absolute atomic E-state index is 13.9. The molecule has 0 radical (unpaired) electrons. The molecular weight excluding hydrogens is 285 g/mol. The van der Waals surface area contributed by atoms with Gasteiger partial charge in [0.2, 0.25) is 0 Å². The highest BCUT2D eigenvalue weighted by molar-refractivity contribution is 5.95. The molecule has 1 aliphatic heterocycles. The van der Waals surface area contributed by atoms with Crippen LogP contribution in [0.15, 0.2) is 18.2 Å². The average Bonchev–Trinajstić information content (AvgIpc) is 2.91. The largest absolute Gasteiger partial charge is 0.508 e. The van der Waals surface area contributed by atoms with Gasteiger partial charge in [0.1, 0.15) is 11.6 Å². The minimum atomic E-state index is -0.586. The van der Waals surface area contributed by atoms with Crippen molar-refractivity contribution in [1.82, 2.24) is 4.90 Å². The van der Waals surface area contributed by atoms with Crippen molar-refractivity contribution in [3.05, 3.63) is 29.6 Å². The Morgan fingerprint density at radius 2 is 2.18 bits per heavy atom. The minimum Gasteiger partial charge on any atom is -0.508 e. The number of carbonyl (C=O) groups excluding carboxylic acids is 1. The van der Waals surface area contributed by atoms with E-state index in [0.29, 0.717) is 13.1 Å². The highest BCUT2D eigenvalue weighted by Crippen LogP contribution is 2.46. The van der Waals surface area contributed by atoms with Gasteiger partial charge in [-0.2, -0.15) is 0 Å². The van der Waals surface area contributed by atoms with E-state index >= 15 is 0 Å². The molecule has 1 saturated carbocycles. The summed E-state index contributed by atoms with van der Waals surface area (Å²) in [4.78, 5) is 14.4. The van der Waals surface area contributed by atoms with Crippen LogP contribution in [0.5, 0.6) is 5.75 Å². The lowest BCUT2D eigenvalue weighted by atomic mass is 9.76. The van der Waals surface area contributed by atoms with Gasteiger partial charge in [-0.15, -0.1) is 0 Å². The van der Waals surface area contributed by atoms with Crippen molar-refractivity contribution >= 4 is 5.91 Å². The van der Waals surface area contributed by atoms with Crippen molar-refractivity contribution in [2.45, 2.75) is 38.2 Å². The zero-order valence-corrected chi connectivity index (χ0v) is 12.8. The average molecular weight is 307 g/mol. The van der Waals surface area contributed by atoms with E-state index in [-0.39, 0.29) is 28.7 Å². The SMILES string of the molecule is CO[C@@H]1CCC[C@@]12CCCN(C(=O)c1cc(O)ccc1F)C2. The Kier molecular flexibility index (Phi) is 4.08. The number of aromatic hydroxyl groups is 1. The van der Waals surface area contributed by atoms with Crippen LogP contribution in [0, 0.1) is 11.2 Å². The van der Waals surface area contributed by atoms with Gasteiger partial charge in [0.05, 0.1) is 11.7 Å². The van der Waals surface area contributed by atoms with Crippen molar-refractivity contribution < 1.29 is 19.0 Å². The molecule has 4 nitrogen and oxygen atoms in total. The molecule has 2 aliphatic rings. The number of benzene rings is 1. The molecule has 120 valence electrons. The van der Waals surface area contributed by atoms with Gasteiger partial charge in [-0.05, 0) is 43.9 Å². The molecule has 1 N–H and O–H groups in total. The summed E-state index contributed by atoms with van der Waals surface area (Å²) >= 11 is 0.